The monoisotopic (exact) mass is 464 g/mol. The molecule has 1 atom stereocenters. The summed E-state index contributed by atoms with van der Waals surface area (Å²) in [7, 11) is 0. The number of carbonyl (C=O) groups excluding carboxylic acids is 1. The third-order valence-corrected chi connectivity index (χ3v) is 7.19. The van der Waals surface area contributed by atoms with Crippen LogP contribution in [0.1, 0.15) is 49.9 Å². The Morgan fingerprint density at radius 1 is 1.21 bits per heavy atom. The first kappa shape index (κ1) is 24.2. The molecule has 2 aliphatic rings. The van der Waals surface area contributed by atoms with Gasteiger partial charge in [-0.3, -0.25) is 4.79 Å². The van der Waals surface area contributed by atoms with Crippen molar-refractivity contribution in [1.82, 2.24) is 15.2 Å². The number of anilines is 1. The second kappa shape index (κ2) is 10.6. The van der Waals surface area contributed by atoms with Gasteiger partial charge in [-0.1, -0.05) is 36.4 Å². The molecule has 3 N–H and O–H groups in total. The Bertz CT molecular complexity index is 1000. The summed E-state index contributed by atoms with van der Waals surface area (Å²) in [5, 5.41) is 15.8. The van der Waals surface area contributed by atoms with Gasteiger partial charge < -0.3 is 20.6 Å². The summed E-state index contributed by atoms with van der Waals surface area (Å²) in [6.45, 7) is 7.26. The molecule has 0 unspecified atom stereocenters. The summed E-state index contributed by atoms with van der Waals surface area (Å²) in [5.74, 6) is 0.415. The van der Waals surface area contributed by atoms with Crippen LogP contribution < -0.4 is 10.6 Å². The number of hydrogen-bond acceptors (Lipinski definition) is 5. The predicted molar refractivity (Wildman–Crippen MR) is 133 cm³/mol. The van der Waals surface area contributed by atoms with Crippen molar-refractivity contribution in [2.45, 2.75) is 57.4 Å². The van der Waals surface area contributed by atoms with Crippen molar-refractivity contribution in [2.24, 2.45) is 5.92 Å². The van der Waals surface area contributed by atoms with Crippen molar-refractivity contribution in [2.75, 3.05) is 31.5 Å². The Balaban J connectivity index is 1.20. The molecule has 1 saturated heterocycles. The lowest BCUT2D eigenvalue weighted by Gasteiger charge is -2.40. The van der Waals surface area contributed by atoms with E-state index in [1.807, 2.05) is 44.2 Å². The van der Waals surface area contributed by atoms with Crippen LogP contribution in [-0.4, -0.2) is 59.1 Å². The van der Waals surface area contributed by atoms with Gasteiger partial charge in [-0.05, 0) is 69.1 Å². The zero-order chi connectivity index (χ0) is 24.1. The number of benzene rings is 1. The van der Waals surface area contributed by atoms with Crippen LogP contribution in [0.5, 0.6) is 0 Å². The number of pyridine rings is 1. The molecule has 1 aromatic heterocycles. The van der Waals surface area contributed by atoms with Gasteiger partial charge in [0.15, 0.2) is 0 Å². The van der Waals surface area contributed by atoms with Crippen LogP contribution in [0, 0.1) is 5.92 Å². The molecule has 1 fully saturated rings. The number of nitrogens with zero attached hydrogens (tertiary/aromatic N) is 2. The van der Waals surface area contributed by atoms with Crippen molar-refractivity contribution in [3.63, 3.8) is 0 Å². The minimum absolute atomic E-state index is 0.264. The maximum Gasteiger partial charge on any atom is 0.326 e. The molecule has 0 bridgehead atoms. The molecule has 4 rings (SSSR count). The first-order chi connectivity index (χ1) is 16.3. The second-order valence-electron chi connectivity index (χ2n) is 10.1. The molecule has 3 heterocycles. The highest BCUT2D eigenvalue weighted by molar-refractivity contribution is 5.90. The molecule has 1 amide bonds. The summed E-state index contributed by atoms with van der Waals surface area (Å²) in [4.78, 5) is 31.7. The highest BCUT2D eigenvalue weighted by atomic mass is 16.4. The molecular weight excluding hydrogens is 428 g/mol. The highest BCUT2D eigenvalue weighted by Gasteiger charge is 2.34. The quantitative estimate of drug-likeness (QED) is 0.500. The second-order valence-corrected chi connectivity index (χ2v) is 10.1. The van der Waals surface area contributed by atoms with Gasteiger partial charge in [0.25, 0.3) is 0 Å². The van der Waals surface area contributed by atoms with E-state index < -0.39 is 17.4 Å². The molecule has 0 saturated carbocycles. The standard InChI is InChI=1S/C27H36N4O3/c1-27(2,21-8-4-3-5-9-21)26(34)30-23(25(32)33)14-16-31-17-19(18-31)10-12-22-13-11-20-7-6-15-28-24(20)29-22/h3-5,8-9,11,13,19,23H,6-7,10,12,14-18H2,1-2H3,(H,28,29)(H,30,34)(H,32,33)/t23-/m0/s1. The Morgan fingerprint density at radius 2 is 1.97 bits per heavy atom. The number of aliphatic carboxylic acids is 1. The molecule has 2 aromatic rings. The number of carbonyl (C=O) groups is 2. The summed E-state index contributed by atoms with van der Waals surface area (Å²) in [6.07, 6.45) is 4.73. The number of nitrogens with one attached hydrogen (secondary N) is 2. The molecule has 0 radical (unpaired) electrons. The number of aromatic nitrogens is 1. The van der Waals surface area contributed by atoms with Crippen molar-refractivity contribution >= 4 is 17.7 Å². The average Bonchev–Trinajstić information content (AvgIpc) is 2.82. The number of carboxylic acids is 1. The SMILES string of the molecule is CC(C)(C(=O)N[C@@H](CCN1CC(CCc2ccc3c(n2)NCCC3)C1)C(=O)O)c1ccccc1. The summed E-state index contributed by atoms with van der Waals surface area (Å²) in [6, 6.07) is 12.9. The highest BCUT2D eigenvalue weighted by Crippen LogP contribution is 2.25. The van der Waals surface area contributed by atoms with Crippen molar-refractivity contribution < 1.29 is 14.7 Å². The van der Waals surface area contributed by atoms with Gasteiger partial charge in [0, 0.05) is 31.9 Å². The molecule has 7 heteroatoms. The average molecular weight is 465 g/mol. The molecule has 0 spiro atoms. The number of amides is 1. The van der Waals surface area contributed by atoms with Gasteiger partial charge in [0.05, 0.1) is 5.41 Å². The van der Waals surface area contributed by atoms with Gasteiger partial charge in [-0.2, -0.15) is 0 Å². The molecule has 2 aliphatic heterocycles. The Morgan fingerprint density at radius 3 is 2.71 bits per heavy atom. The lowest BCUT2D eigenvalue weighted by atomic mass is 9.83. The van der Waals surface area contributed by atoms with Crippen molar-refractivity contribution in [1.29, 1.82) is 0 Å². The smallest absolute Gasteiger partial charge is 0.326 e. The van der Waals surface area contributed by atoms with Crippen LogP contribution in [0.15, 0.2) is 42.5 Å². The van der Waals surface area contributed by atoms with Crippen molar-refractivity contribution in [3.8, 4) is 0 Å². The summed E-state index contributed by atoms with van der Waals surface area (Å²) < 4.78 is 0. The van der Waals surface area contributed by atoms with Gasteiger partial charge in [0.1, 0.15) is 11.9 Å². The number of carboxylic acid groups (broad SMARTS) is 1. The lowest BCUT2D eigenvalue weighted by Crippen LogP contribution is -2.52. The number of fused-ring (bicyclic) bond motifs is 1. The molecular formula is C27H36N4O3. The van der Waals surface area contributed by atoms with E-state index in [1.54, 1.807) is 0 Å². The van der Waals surface area contributed by atoms with E-state index in [4.69, 9.17) is 4.98 Å². The Kier molecular flexibility index (Phi) is 7.51. The van der Waals surface area contributed by atoms with E-state index in [-0.39, 0.29) is 5.91 Å². The Labute approximate surface area is 202 Å². The van der Waals surface area contributed by atoms with Crippen LogP contribution in [0.25, 0.3) is 0 Å². The van der Waals surface area contributed by atoms with E-state index in [1.165, 1.54) is 12.0 Å². The van der Waals surface area contributed by atoms with E-state index in [0.29, 0.717) is 18.9 Å². The fourth-order valence-electron chi connectivity index (χ4n) is 4.80. The van der Waals surface area contributed by atoms with Gasteiger partial charge in [-0.25, -0.2) is 9.78 Å². The Hall–Kier alpha value is -2.93. The minimum atomic E-state index is -0.985. The normalized spacial score (nSPS) is 17.2. The summed E-state index contributed by atoms with van der Waals surface area (Å²) >= 11 is 0. The first-order valence-electron chi connectivity index (χ1n) is 12.4. The lowest BCUT2D eigenvalue weighted by molar-refractivity contribution is -0.143. The minimum Gasteiger partial charge on any atom is -0.480 e. The topological polar surface area (TPSA) is 94.6 Å². The predicted octanol–water partition coefficient (Wildman–Crippen LogP) is 3.24. The molecule has 34 heavy (non-hydrogen) atoms. The fourth-order valence-corrected chi connectivity index (χ4v) is 4.80. The van der Waals surface area contributed by atoms with Crippen LogP contribution in [0.3, 0.4) is 0 Å². The third-order valence-electron chi connectivity index (χ3n) is 7.19. The maximum absolute atomic E-state index is 12.9. The van der Waals surface area contributed by atoms with Gasteiger partial charge in [-0.15, -0.1) is 0 Å². The van der Waals surface area contributed by atoms with E-state index >= 15 is 0 Å². The molecule has 0 aliphatic carbocycles. The number of rotatable bonds is 10. The largest absolute Gasteiger partial charge is 0.480 e. The van der Waals surface area contributed by atoms with E-state index in [2.05, 4.69) is 27.7 Å². The zero-order valence-corrected chi connectivity index (χ0v) is 20.2. The van der Waals surface area contributed by atoms with Crippen molar-refractivity contribution in [3.05, 3.63) is 59.3 Å². The van der Waals surface area contributed by atoms with Crippen LogP contribution in [0.2, 0.25) is 0 Å². The number of hydrogen-bond donors (Lipinski definition) is 3. The van der Waals surface area contributed by atoms with Crippen LogP contribution in [-0.2, 0) is 27.8 Å². The van der Waals surface area contributed by atoms with Gasteiger partial charge >= 0.3 is 5.97 Å². The maximum atomic E-state index is 12.9. The van der Waals surface area contributed by atoms with Crippen LogP contribution >= 0.6 is 0 Å². The summed E-state index contributed by atoms with van der Waals surface area (Å²) in [5.41, 5.74) is 2.53. The zero-order valence-electron chi connectivity index (χ0n) is 20.2. The molecule has 182 valence electrons. The fraction of sp³-hybridized carbons (Fsp3) is 0.519. The van der Waals surface area contributed by atoms with E-state index in [9.17, 15) is 14.7 Å². The van der Waals surface area contributed by atoms with Gasteiger partial charge in [0.2, 0.25) is 5.91 Å². The van der Waals surface area contributed by atoms with Crippen LogP contribution in [0.4, 0.5) is 5.82 Å². The molecule has 1 aromatic carbocycles. The third kappa shape index (κ3) is 5.76. The number of aryl methyl sites for hydroxylation is 2. The molecule has 7 nitrogen and oxygen atoms in total. The number of likely N-dealkylation sites (tertiary alicyclic amines) is 1. The van der Waals surface area contributed by atoms with E-state index in [0.717, 1.165) is 56.0 Å². The first-order valence-corrected chi connectivity index (χ1v) is 12.4.